The highest BCUT2D eigenvalue weighted by Gasteiger charge is 2.23. The van der Waals surface area contributed by atoms with E-state index < -0.39 is 0 Å². The zero-order valence-electron chi connectivity index (χ0n) is 11.1. The van der Waals surface area contributed by atoms with Crippen molar-refractivity contribution in [3.8, 4) is 0 Å². The van der Waals surface area contributed by atoms with E-state index in [0.29, 0.717) is 0 Å². The van der Waals surface area contributed by atoms with Crippen LogP contribution in [-0.4, -0.2) is 15.0 Å². The number of nitrogen functional groups attached to an aromatic ring is 1. The SMILES string of the molecule is CCn1nc(C)c(N)c1SC1CCCC(C)C1. The van der Waals surface area contributed by atoms with Crippen LogP contribution >= 0.6 is 11.8 Å². The third-order valence-electron chi connectivity index (χ3n) is 3.59. The van der Waals surface area contributed by atoms with E-state index in [2.05, 4.69) is 23.6 Å². The molecule has 2 unspecified atom stereocenters. The van der Waals surface area contributed by atoms with Crippen LogP contribution in [0.15, 0.2) is 5.03 Å². The molecular weight excluding hydrogens is 230 g/mol. The summed E-state index contributed by atoms with van der Waals surface area (Å²) in [4.78, 5) is 0. The Morgan fingerprint density at radius 3 is 2.88 bits per heavy atom. The van der Waals surface area contributed by atoms with E-state index in [-0.39, 0.29) is 0 Å². The first-order valence-electron chi connectivity index (χ1n) is 6.61. The van der Waals surface area contributed by atoms with E-state index in [4.69, 9.17) is 5.73 Å². The molecule has 2 rings (SSSR count). The summed E-state index contributed by atoms with van der Waals surface area (Å²) < 4.78 is 2.05. The monoisotopic (exact) mass is 253 g/mol. The standard InChI is InChI=1S/C13H23N3S/c1-4-16-13(12(14)10(3)15-16)17-11-7-5-6-9(2)8-11/h9,11H,4-8,14H2,1-3H3. The van der Waals surface area contributed by atoms with Gasteiger partial charge in [0.05, 0.1) is 11.4 Å². The highest BCUT2D eigenvalue weighted by atomic mass is 32.2. The van der Waals surface area contributed by atoms with Gasteiger partial charge in [-0.15, -0.1) is 11.8 Å². The van der Waals surface area contributed by atoms with Crippen LogP contribution in [0.5, 0.6) is 0 Å². The van der Waals surface area contributed by atoms with Gasteiger partial charge in [0.25, 0.3) is 0 Å². The molecule has 1 aliphatic carbocycles. The molecular formula is C13H23N3S. The molecule has 4 heteroatoms. The fourth-order valence-electron chi connectivity index (χ4n) is 2.56. The smallest absolute Gasteiger partial charge is 0.118 e. The van der Waals surface area contributed by atoms with E-state index in [1.165, 1.54) is 30.7 Å². The Kier molecular flexibility index (Phi) is 4.02. The van der Waals surface area contributed by atoms with Gasteiger partial charge in [-0.05, 0) is 32.6 Å². The number of aromatic nitrogens is 2. The van der Waals surface area contributed by atoms with Gasteiger partial charge in [0.1, 0.15) is 5.03 Å². The summed E-state index contributed by atoms with van der Waals surface area (Å²) in [6, 6.07) is 0. The Morgan fingerprint density at radius 2 is 2.24 bits per heavy atom. The first-order chi connectivity index (χ1) is 8.11. The van der Waals surface area contributed by atoms with Crippen LogP contribution in [0.3, 0.4) is 0 Å². The molecule has 0 amide bonds. The fraction of sp³-hybridized carbons (Fsp3) is 0.769. The highest BCUT2D eigenvalue weighted by molar-refractivity contribution is 8.00. The van der Waals surface area contributed by atoms with Crippen LogP contribution in [0.1, 0.15) is 45.2 Å². The van der Waals surface area contributed by atoms with Crippen LogP contribution in [-0.2, 0) is 6.54 Å². The maximum absolute atomic E-state index is 6.13. The summed E-state index contributed by atoms with van der Waals surface area (Å²) in [6.07, 6.45) is 5.39. The lowest BCUT2D eigenvalue weighted by atomic mass is 9.91. The van der Waals surface area contributed by atoms with E-state index in [0.717, 1.165) is 29.1 Å². The predicted molar refractivity (Wildman–Crippen MR) is 74.3 cm³/mol. The van der Waals surface area contributed by atoms with Crippen molar-refractivity contribution in [3.63, 3.8) is 0 Å². The molecule has 3 nitrogen and oxygen atoms in total. The summed E-state index contributed by atoms with van der Waals surface area (Å²) >= 11 is 1.94. The van der Waals surface area contributed by atoms with Gasteiger partial charge in [0, 0.05) is 11.8 Å². The van der Waals surface area contributed by atoms with E-state index in [9.17, 15) is 0 Å². The summed E-state index contributed by atoms with van der Waals surface area (Å²) in [5.74, 6) is 0.863. The molecule has 1 aliphatic rings. The van der Waals surface area contributed by atoms with E-state index in [1.54, 1.807) is 0 Å². The molecule has 0 saturated heterocycles. The Labute approximate surface area is 108 Å². The Hall–Kier alpha value is -0.640. The second-order valence-electron chi connectivity index (χ2n) is 5.13. The Balaban J connectivity index is 2.12. The molecule has 17 heavy (non-hydrogen) atoms. The number of nitrogens with two attached hydrogens (primary N) is 1. The molecule has 1 heterocycles. The number of rotatable bonds is 3. The van der Waals surface area contributed by atoms with Crippen molar-refractivity contribution in [1.82, 2.24) is 9.78 Å². The molecule has 96 valence electrons. The fourth-order valence-corrected chi connectivity index (χ4v) is 4.15. The van der Waals surface area contributed by atoms with Crippen molar-refractivity contribution >= 4 is 17.4 Å². The quantitative estimate of drug-likeness (QED) is 0.897. The normalized spacial score (nSPS) is 25.1. The van der Waals surface area contributed by atoms with Crippen molar-refractivity contribution in [1.29, 1.82) is 0 Å². The number of hydrogen-bond acceptors (Lipinski definition) is 3. The largest absolute Gasteiger partial charge is 0.395 e. The van der Waals surface area contributed by atoms with Crippen LogP contribution in [0.4, 0.5) is 5.69 Å². The summed E-state index contributed by atoms with van der Waals surface area (Å²) in [7, 11) is 0. The first-order valence-corrected chi connectivity index (χ1v) is 7.49. The van der Waals surface area contributed by atoms with Crippen molar-refractivity contribution in [2.45, 2.75) is 63.3 Å². The van der Waals surface area contributed by atoms with Crippen LogP contribution in [0.25, 0.3) is 0 Å². The van der Waals surface area contributed by atoms with Crippen molar-refractivity contribution in [2.75, 3.05) is 5.73 Å². The lowest BCUT2D eigenvalue weighted by molar-refractivity contribution is 0.393. The number of nitrogens with zero attached hydrogens (tertiary/aromatic N) is 2. The minimum absolute atomic E-state index is 0.724. The third-order valence-corrected chi connectivity index (χ3v) is 5.01. The zero-order chi connectivity index (χ0) is 12.4. The Bertz CT molecular complexity index is 386. The minimum Gasteiger partial charge on any atom is -0.395 e. The average molecular weight is 253 g/mol. The average Bonchev–Trinajstić information content (AvgIpc) is 2.57. The molecule has 1 fully saturated rings. The second kappa shape index (κ2) is 5.34. The number of anilines is 1. The molecule has 0 spiro atoms. The molecule has 0 aromatic carbocycles. The van der Waals surface area contributed by atoms with Gasteiger partial charge in [-0.3, -0.25) is 4.68 Å². The molecule has 1 aromatic rings. The number of aryl methyl sites for hydroxylation is 2. The van der Waals surface area contributed by atoms with E-state index >= 15 is 0 Å². The zero-order valence-corrected chi connectivity index (χ0v) is 11.9. The van der Waals surface area contributed by atoms with Crippen LogP contribution in [0, 0.1) is 12.8 Å². The molecule has 0 aliphatic heterocycles. The van der Waals surface area contributed by atoms with Gasteiger partial charge in [-0.1, -0.05) is 19.8 Å². The van der Waals surface area contributed by atoms with Gasteiger partial charge in [-0.2, -0.15) is 5.10 Å². The first kappa shape index (κ1) is 12.8. The molecule has 0 radical (unpaired) electrons. The van der Waals surface area contributed by atoms with E-state index in [1.807, 2.05) is 18.7 Å². The van der Waals surface area contributed by atoms with Crippen molar-refractivity contribution < 1.29 is 0 Å². The lowest BCUT2D eigenvalue weighted by Gasteiger charge is -2.26. The summed E-state index contributed by atoms with van der Waals surface area (Å²) in [5, 5.41) is 6.39. The molecule has 2 atom stereocenters. The van der Waals surface area contributed by atoms with Gasteiger partial charge < -0.3 is 5.73 Å². The van der Waals surface area contributed by atoms with Crippen molar-refractivity contribution in [3.05, 3.63) is 5.69 Å². The van der Waals surface area contributed by atoms with Crippen LogP contribution in [0.2, 0.25) is 0 Å². The van der Waals surface area contributed by atoms with Crippen molar-refractivity contribution in [2.24, 2.45) is 5.92 Å². The third kappa shape index (κ3) is 2.79. The minimum atomic E-state index is 0.724. The van der Waals surface area contributed by atoms with Crippen LogP contribution < -0.4 is 5.73 Å². The molecule has 1 saturated carbocycles. The van der Waals surface area contributed by atoms with Gasteiger partial charge in [0.2, 0.25) is 0 Å². The number of thioether (sulfide) groups is 1. The number of hydrogen-bond donors (Lipinski definition) is 1. The highest BCUT2D eigenvalue weighted by Crippen LogP contribution is 2.38. The molecule has 0 bridgehead atoms. The maximum atomic E-state index is 6.13. The lowest BCUT2D eigenvalue weighted by Crippen LogP contribution is -2.16. The van der Waals surface area contributed by atoms with Gasteiger partial charge in [-0.25, -0.2) is 0 Å². The second-order valence-corrected chi connectivity index (χ2v) is 6.42. The summed E-state index contributed by atoms with van der Waals surface area (Å²) in [6.45, 7) is 7.38. The molecule has 1 aromatic heterocycles. The molecule has 2 N–H and O–H groups in total. The topological polar surface area (TPSA) is 43.8 Å². The maximum Gasteiger partial charge on any atom is 0.118 e. The van der Waals surface area contributed by atoms with Gasteiger partial charge >= 0.3 is 0 Å². The Morgan fingerprint density at radius 1 is 1.47 bits per heavy atom. The summed E-state index contributed by atoms with van der Waals surface area (Å²) in [5.41, 5.74) is 7.98. The predicted octanol–water partition coefficient (Wildman–Crippen LogP) is 3.46. The van der Waals surface area contributed by atoms with Gasteiger partial charge in [0.15, 0.2) is 0 Å².